The van der Waals surface area contributed by atoms with Crippen LogP contribution in [-0.4, -0.2) is 33.4 Å². The van der Waals surface area contributed by atoms with Crippen LogP contribution in [0.4, 0.5) is 11.5 Å². The molecule has 2 aromatic rings. The van der Waals surface area contributed by atoms with E-state index < -0.39 is 11.8 Å². The summed E-state index contributed by atoms with van der Waals surface area (Å²) in [4.78, 5) is 43.6. The lowest BCUT2D eigenvalue weighted by molar-refractivity contribution is -0.136. The fourth-order valence-corrected chi connectivity index (χ4v) is 3.10. The molecule has 1 aliphatic rings. The number of nitrogens with zero attached hydrogens (tertiary/aromatic N) is 3. The first-order valence-corrected chi connectivity index (χ1v) is 9.34. The smallest absolute Gasteiger partial charge is 0.325 e. The lowest BCUT2D eigenvalue weighted by Crippen LogP contribution is -2.33. The van der Waals surface area contributed by atoms with Crippen LogP contribution in [0.5, 0.6) is 0 Å². The zero-order valence-electron chi connectivity index (χ0n) is 16.1. The van der Waals surface area contributed by atoms with Crippen molar-refractivity contribution in [2.45, 2.75) is 39.0 Å². The minimum atomic E-state index is -0.965. The van der Waals surface area contributed by atoms with Crippen molar-refractivity contribution in [3.8, 4) is 0 Å². The predicted molar refractivity (Wildman–Crippen MR) is 108 cm³/mol. The SMILES string of the molecule is CC(CC(=O)Nc1cccc2c1CCCC2)=NNC(=O)C(=O)Nc1cnccn1. The summed E-state index contributed by atoms with van der Waals surface area (Å²) in [7, 11) is 0. The first kappa shape index (κ1) is 20.1. The highest BCUT2D eigenvalue weighted by molar-refractivity contribution is 6.39. The summed E-state index contributed by atoms with van der Waals surface area (Å²) in [5, 5.41) is 9.03. The second-order valence-electron chi connectivity index (χ2n) is 6.71. The van der Waals surface area contributed by atoms with Gasteiger partial charge in [0.1, 0.15) is 0 Å². The van der Waals surface area contributed by atoms with E-state index >= 15 is 0 Å². The minimum absolute atomic E-state index is 0.00424. The van der Waals surface area contributed by atoms with Crippen LogP contribution in [0.1, 0.15) is 37.3 Å². The zero-order valence-corrected chi connectivity index (χ0v) is 16.1. The Morgan fingerprint density at radius 2 is 1.90 bits per heavy atom. The molecule has 9 heteroatoms. The van der Waals surface area contributed by atoms with Crippen LogP contribution in [0.15, 0.2) is 41.9 Å². The molecule has 3 rings (SSSR count). The van der Waals surface area contributed by atoms with E-state index in [0.717, 1.165) is 24.9 Å². The van der Waals surface area contributed by atoms with E-state index in [9.17, 15) is 14.4 Å². The lowest BCUT2D eigenvalue weighted by atomic mass is 9.90. The summed E-state index contributed by atoms with van der Waals surface area (Å²) >= 11 is 0. The average Bonchev–Trinajstić information content (AvgIpc) is 2.73. The number of hydrogen-bond donors (Lipinski definition) is 3. The molecule has 0 spiro atoms. The molecule has 1 aromatic heterocycles. The van der Waals surface area contributed by atoms with Crippen LogP contribution in [0.25, 0.3) is 0 Å². The number of aromatic nitrogens is 2. The van der Waals surface area contributed by atoms with E-state index in [-0.39, 0.29) is 18.1 Å². The molecule has 0 bridgehead atoms. The maximum atomic E-state index is 12.3. The highest BCUT2D eigenvalue weighted by atomic mass is 16.2. The number of amides is 3. The van der Waals surface area contributed by atoms with Gasteiger partial charge in [0.15, 0.2) is 5.82 Å². The Labute approximate surface area is 168 Å². The molecule has 0 radical (unpaired) electrons. The number of benzene rings is 1. The highest BCUT2D eigenvalue weighted by Crippen LogP contribution is 2.27. The van der Waals surface area contributed by atoms with Crippen molar-refractivity contribution < 1.29 is 14.4 Å². The summed E-state index contributed by atoms with van der Waals surface area (Å²) in [6.45, 7) is 1.60. The Hall–Kier alpha value is -3.62. The van der Waals surface area contributed by atoms with E-state index in [1.807, 2.05) is 12.1 Å². The maximum absolute atomic E-state index is 12.3. The number of carbonyl (C=O) groups is 3. The Morgan fingerprint density at radius 3 is 2.69 bits per heavy atom. The van der Waals surface area contributed by atoms with Gasteiger partial charge in [-0.3, -0.25) is 19.4 Å². The third-order valence-corrected chi connectivity index (χ3v) is 4.45. The van der Waals surface area contributed by atoms with Gasteiger partial charge in [0, 0.05) is 23.8 Å². The van der Waals surface area contributed by atoms with Gasteiger partial charge in [-0.05, 0) is 49.8 Å². The summed E-state index contributed by atoms with van der Waals surface area (Å²) in [5.74, 6) is -1.97. The molecule has 1 aromatic carbocycles. The van der Waals surface area contributed by atoms with Crippen LogP contribution in [0.3, 0.4) is 0 Å². The summed E-state index contributed by atoms with van der Waals surface area (Å²) < 4.78 is 0. The van der Waals surface area contributed by atoms with Crippen molar-refractivity contribution in [3.05, 3.63) is 47.9 Å². The molecule has 3 amide bonds. The molecule has 0 atom stereocenters. The molecule has 0 fully saturated rings. The van der Waals surface area contributed by atoms with Crippen molar-refractivity contribution in [1.29, 1.82) is 0 Å². The fraction of sp³-hybridized carbons (Fsp3) is 0.300. The maximum Gasteiger partial charge on any atom is 0.329 e. The first-order valence-electron chi connectivity index (χ1n) is 9.34. The van der Waals surface area contributed by atoms with Gasteiger partial charge < -0.3 is 10.6 Å². The van der Waals surface area contributed by atoms with E-state index in [4.69, 9.17) is 0 Å². The van der Waals surface area contributed by atoms with Gasteiger partial charge in [0.25, 0.3) is 0 Å². The second kappa shape index (κ2) is 9.54. The fourth-order valence-electron chi connectivity index (χ4n) is 3.10. The number of rotatable bonds is 5. The van der Waals surface area contributed by atoms with Gasteiger partial charge in [-0.15, -0.1) is 0 Å². The van der Waals surface area contributed by atoms with Gasteiger partial charge >= 0.3 is 11.8 Å². The Balaban J connectivity index is 1.51. The van der Waals surface area contributed by atoms with Gasteiger partial charge in [-0.25, -0.2) is 10.4 Å². The lowest BCUT2D eigenvalue weighted by Gasteiger charge is -2.19. The molecule has 0 saturated carbocycles. The van der Waals surface area contributed by atoms with Crippen molar-refractivity contribution in [3.63, 3.8) is 0 Å². The molecule has 1 aliphatic carbocycles. The van der Waals surface area contributed by atoms with E-state index in [2.05, 4.69) is 37.2 Å². The molecular formula is C20H22N6O3. The molecule has 0 unspecified atom stereocenters. The summed E-state index contributed by atoms with van der Waals surface area (Å²) in [6.07, 6.45) is 8.40. The van der Waals surface area contributed by atoms with Crippen molar-refractivity contribution in [2.75, 3.05) is 10.6 Å². The Bertz CT molecular complexity index is 942. The third-order valence-electron chi connectivity index (χ3n) is 4.45. The molecular weight excluding hydrogens is 372 g/mol. The molecule has 150 valence electrons. The van der Waals surface area contributed by atoms with Gasteiger partial charge in [-0.2, -0.15) is 5.10 Å². The zero-order chi connectivity index (χ0) is 20.6. The molecule has 29 heavy (non-hydrogen) atoms. The van der Waals surface area contributed by atoms with Crippen LogP contribution in [-0.2, 0) is 27.2 Å². The second-order valence-corrected chi connectivity index (χ2v) is 6.71. The summed E-state index contributed by atoms with van der Waals surface area (Å²) in [5.41, 5.74) is 5.79. The van der Waals surface area contributed by atoms with E-state index in [1.54, 1.807) is 6.92 Å². The largest absolute Gasteiger partial charge is 0.329 e. The standard InChI is InChI=1S/C20H22N6O3/c1-13(25-26-20(29)19(28)24-17-12-21-9-10-22-17)11-18(27)23-16-8-4-6-14-5-2-3-7-15(14)16/h4,6,8-10,12H,2-3,5,7,11H2,1H3,(H,23,27)(H,26,29)(H,22,24,28). The monoisotopic (exact) mass is 394 g/mol. The normalized spacial score (nSPS) is 13.2. The molecule has 0 saturated heterocycles. The van der Waals surface area contributed by atoms with E-state index in [1.165, 1.54) is 36.1 Å². The van der Waals surface area contributed by atoms with Crippen molar-refractivity contribution >= 4 is 34.9 Å². The van der Waals surface area contributed by atoms with Crippen LogP contribution < -0.4 is 16.1 Å². The number of anilines is 2. The number of carbonyl (C=O) groups excluding carboxylic acids is 3. The van der Waals surface area contributed by atoms with E-state index in [0.29, 0.717) is 5.71 Å². The molecule has 9 nitrogen and oxygen atoms in total. The van der Waals surface area contributed by atoms with Crippen LogP contribution in [0.2, 0.25) is 0 Å². The number of nitrogens with one attached hydrogen (secondary N) is 3. The van der Waals surface area contributed by atoms with Crippen molar-refractivity contribution in [1.82, 2.24) is 15.4 Å². The van der Waals surface area contributed by atoms with Gasteiger partial charge in [0.05, 0.1) is 12.6 Å². The van der Waals surface area contributed by atoms with Gasteiger partial charge in [-0.1, -0.05) is 12.1 Å². The number of aryl methyl sites for hydroxylation is 1. The topological polar surface area (TPSA) is 125 Å². The average molecular weight is 394 g/mol. The van der Waals surface area contributed by atoms with Gasteiger partial charge in [0.2, 0.25) is 5.91 Å². The predicted octanol–water partition coefficient (Wildman–Crippen LogP) is 1.81. The number of hydrogen-bond acceptors (Lipinski definition) is 6. The molecule has 3 N–H and O–H groups in total. The minimum Gasteiger partial charge on any atom is -0.325 e. The number of hydrazone groups is 1. The summed E-state index contributed by atoms with van der Waals surface area (Å²) in [6, 6.07) is 5.93. The molecule has 1 heterocycles. The highest BCUT2D eigenvalue weighted by Gasteiger charge is 2.16. The van der Waals surface area contributed by atoms with Crippen LogP contribution >= 0.6 is 0 Å². The Kier molecular flexibility index (Phi) is 6.62. The Morgan fingerprint density at radius 1 is 1.07 bits per heavy atom. The number of fused-ring (bicyclic) bond motifs is 1. The quantitative estimate of drug-likeness (QED) is 0.405. The first-order chi connectivity index (χ1) is 14.0. The third kappa shape index (κ3) is 5.68. The van der Waals surface area contributed by atoms with Crippen LogP contribution in [0, 0.1) is 0 Å². The molecule has 0 aliphatic heterocycles. The van der Waals surface area contributed by atoms with Crippen molar-refractivity contribution in [2.24, 2.45) is 5.10 Å².